The molecule has 0 spiro atoms. The Morgan fingerprint density at radius 3 is 2.44 bits per heavy atom. The minimum atomic E-state index is -1.05. The highest BCUT2D eigenvalue weighted by molar-refractivity contribution is 8.00. The fourth-order valence-electron chi connectivity index (χ4n) is 4.91. The molecule has 1 amide bonds. The summed E-state index contributed by atoms with van der Waals surface area (Å²) >= 11 is 2.66. The monoisotopic (exact) mass is 647 g/mol. The summed E-state index contributed by atoms with van der Waals surface area (Å²) in [5.74, 6) is -1.01. The number of ketones is 1. The molecular weight excluding hydrogens is 614 g/mol. The fourth-order valence-corrected chi connectivity index (χ4v) is 6.74. The molecule has 2 heterocycles. The van der Waals surface area contributed by atoms with Gasteiger partial charge in [-0.05, 0) is 67.8 Å². The number of amides is 1. The standard InChI is InChI=1S/C34H34FN3O5S2/c1-4-6-7-18-43-26-17-14-24(19-27(26)42-5-2)29-28(30(39)23-12-15-25(35)16-13-23)31(40)32(41)38(29)33-36-37-34(45-33)44-20-22-10-8-21(3)9-11-22/h8-17,19,29,39H,4-7,18,20H2,1-3H3/b30-28+. The van der Waals surface area contributed by atoms with E-state index in [-0.39, 0.29) is 16.3 Å². The Hall–Kier alpha value is -4.22. The van der Waals surface area contributed by atoms with Crippen LogP contribution in [-0.4, -0.2) is 40.2 Å². The number of aliphatic hydroxyl groups is 1. The van der Waals surface area contributed by atoms with E-state index in [1.165, 1.54) is 57.8 Å². The number of unbranched alkanes of at least 4 members (excludes halogenated alkanes) is 2. The second-order valence-electron chi connectivity index (χ2n) is 10.5. The molecule has 45 heavy (non-hydrogen) atoms. The van der Waals surface area contributed by atoms with Gasteiger partial charge in [0, 0.05) is 11.3 Å². The number of aryl methyl sites for hydroxylation is 1. The lowest BCUT2D eigenvalue weighted by molar-refractivity contribution is -0.132. The summed E-state index contributed by atoms with van der Waals surface area (Å²) in [7, 11) is 0. The number of anilines is 1. The Kier molecular flexibility index (Phi) is 10.5. The molecule has 234 valence electrons. The number of aliphatic hydroxyl groups excluding tert-OH is 1. The zero-order chi connectivity index (χ0) is 31.9. The molecule has 1 aliphatic heterocycles. The van der Waals surface area contributed by atoms with Gasteiger partial charge in [-0.2, -0.15) is 0 Å². The Labute approximate surface area is 269 Å². The highest BCUT2D eigenvalue weighted by Gasteiger charge is 2.48. The van der Waals surface area contributed by atoms with Crippen molar-refractivity contribution in [1.29, 1.82) is 0 Å². The Bertz CT molecular complexity index is 1690. The smallest absolute Gasteiger partial charge is 0.301 e. The van der Waals surface area contributed by atoms with Crippen molar-refractivity contribution in [3.05, 3.63) is 100 Å². The maximum Gasteiger partial charge on any atom is 0.301 e. The third-order valence-corrected chi connectivity index (χ3v) is 9.36. The first-order valence-electron chi connectivity index (χ1n) is 14.8. The van der Waals surface area contributed by atoms with E-state index in [4.69, 9.17) is 9.47 Å². The lowest BCUT2D eigenvalue weighted by atomic mass is 9.95. The van der Waals surface area contributed by atoms with Gasteiger partial charge in [0.1, 0.15) is 11.6 Å². The molecule has 1 aromatic heterocycles. The maximum atomic E-state index is 13.7. The van der Waals surface area contributed by atoms with Gasteiger partial charge in [0.25, 0.3) is 5.78 Å². The van der Waals surface area contributed by atoms with E-state index in [0.29, 0.717) is 40.4 Å². The number of nitrogens with zero attached hydrogens (tertiary/aromatic N) is 3. The molecule has 0 aliphatic carbocycles. The van der Waals surface area contributed by atoms with Crippen LogP contribution in [0.5, 0.6) is 11.5 Å². The van der Waals surface area contributed by atoms with Crippen molar-refractivity contribution < 1.29 is 28.6 Å². The van der Waals surface area contributed by atoms with Crippen LogP contribution in [0.1, 0.15) is 61.4 Å². The molecule has 1 N–H and O–H groups in total. The van der Waals surface area contributed by atoms with Crippen LogP contribution in [0.25, 0.3) is 5.76 Å². The van der Waals surface area contributed by atoms with Gasteiger partial charge in [0.05, 0.1) is 24.8 Å². The number of Topliss-reactive ketones (excluding diaryl/α,β-unsaturated/α-hetero) is 1. The van der Waals surface area contributed by atoms with Gasteiger partial charge in [0.15, 0.2) is 15.8 Å². The summed E-state index contributed by atoms with van der Waals surface area (Å²) in [5, 5.41) is 20.2. The summed E-state index contributed by atoms with van der Waals surface area (Å²) in [6.45, 7) is 6.88. The van der Waals surface area contributed by atoms with E-state index in [1.807, 2.05) is 38.1 Å². The van der Waals surface area contributed by atoms with Gasteiger partial charge in [-0.15, -0.1) is 10.2 Å². The summed E-state index contributed by atoms with van der Waals surface area (Å²) in [6, 6.07) is 17.4. The van der Waals surface area contributed by atoms with Crippen LogP contribution < -0.4 is 14.4 Å². The third kappa shape index (κ3) is 7.37. The van der Waals surface area contributed by atoms with Crippen molar-refractivity contribution in [3.63, 3.8) is 0 Å². The highest BCUT2D eigenvalue weighted by atomic mass is 32.2. The number of carbonyl (C=O) groups is 2. The molecule has 11 heteroatoms. The minimum absolute atomic E-state index is 0.144. The minimum Gasteiger partial charge on any atom is -0.507 e. The quantitative estimate of drug-likeness (QED) is 0.0391. The lowest BCUT2D eigenvalue weighted by Gasteiger charge is -2.23. The molecule has 0 saturated carbocycles. The molecule has 1 saturated heterocycles. The summed E-state index contributed by atoms with van der Waals surface area (Å²) in [5.41, 5.74) is 2.84. The van der Waals surface area contributed by atoms with E-state index in [9.17, 15) is 19.1 Å². The van der Waals surface area contributed by atoms with Gasteiger partial charge >= 0.3 is 5.91 Å². The third-order valence-electron chi connectivity index (χ3n) is 7.24. The van der Waals surface area contributed by atoms with Gasteiger partial charge in [-0.3, -0.25) is 14.5 Å². The zero-order valence-corrected chi connectivity index (χ0v) is 26.9. The van der Waals surface area contributed by atoms with E-state index in [2.05, 4.69) is 17.1 Å². The van der Waals surface area contributed by atoms with Gasteiger partial charge in [-0.1, -0.05) is 78.8 Å². The number of carbonyl (C=O) groups excluding carboxylic acids is 2. The molecule has 3 aromatic carbocycles. The normalized spacial score (nSPS) is 15.9. The topological polar surface area (TPSA) is 102 Å². The predicted octanol–water partition coefficient (Wildman–Crippen LogP) is 7.87. The van der Waals surface area contributed by atoms with Crippen molar-refractivity contribution >= 4 is 45.7 Å². The van der Waals surface area contributed by atoms with Crippen LogP contribution >= 0.6 is 23.1 Å². The first-order valence-corrected chi connectivity index (χ1v) is 16.6. The van der Waals surface area contributed by atoms with E-state index < -0.39 is 29.3 Å². The molecular formula is C34H34FN3O5S2. The number of ether oxygens (including phenoxy) is 2. The van der Waals surface area contributed by atoms with Crippen LogP contribution in [0, 0.1) is 12.7 Å². The second-order valence-corrected chi connectivity index (χ2v) is 12.7. The van der Waals surface area contributed by atoms with Crippen molar-refractivity contribution in [2.45, 2.75) is 56.2 Å². The molecule has 5 rings (SSSR count). The molecule has 1 unspecified atom stereocenters. The fraction of sp³-hybridized carbons (Fsp3) is 0.294. The van der Waals surface area contributed by atoms with Crippen LogP contribution in [-0.2, 0) is 15.3 Å². The lowest BCUT2D eigenvalue weighted by Crippen LogP contribution is -2.29. The summed E-state index contributed by atoms with van der Waals surface area (Å²) in [6.07, 6.45) is 2.99. The van der Waals surface area contributed by atoms with Crippen molar-refractivity contribution in [3.8, 4) is 11.5 Å². The van der Waals surface area contributed by atoms with Crippen LogP contribution in [0.3, 0.4) is 0 Å². The molecule has 1 aliphatic rings. The van der Waals surface area contributed by atoms with E-state index in [0.717, 1.165) is 24.8 Å². The number of hydrogen-bond acceptors (Lipinski definition) is 9. The van der Waals surface area contributed by atoms with Gasteiger partial charge < -0.3 is 14.6 Å². The predicted molar refractivity (Wildman–Crippen MR) is 174 cm³/mol. The first-order chi connectivity index (χ1) is 21.8. The highest BCUT2D eigenvalue weighted by Crippen LogP contribution is 2.45. The van der Waals surface area contributed by atoms with Crippen LogP contribution in [0.4, 0.5) is 9.52 Å². The number of benzene rings is 3. The number of thioether (sulfide) groups is 1. The average molecular weight is 648 g/mol. The molecule has 1 fully saturated rings. The average Bonchev–Trinajstić information content (AvgIpc) is 3.61. The first kappa shape index (κ1) is 32.2. The Morgan fingerprint density at radius 1 is 0.978 bits per heavy atom. The number of rotatable bonds is 13. The largest absolute Gasteiger partial charge is 0.507 e. The second kappa shape index (κ2) is 14.7. The molecule has 8 nitrogen and oxygen atoms in total. The van der Waals surface area contributed by atoms with E-state index in [1.54, 1.807) is 18.2 Å². The number of halogens is 1. The zero-order valence-electron chi connectivity index (χ0n) is 25.3. The number of hydrogen-bond donors (Lipinski definition) is 1. The Morgan fingerprint density at radius 2 is 1.73 bits per heavy atom. The summed E-state index contributed by atoms with van der Waals surface area (Å²) in [4.78, 5) is 28.5. The molecule has 1 atom stereocenters. The SMILES string of the molecule is CCCCCOc1ccc(C2/C(=C(\O)c3ccc(F)cc3)C(=O)C(=O)N2c2nnc(SCc3ccc(C)cc3)s2)cc1OCC. The van der Waals surface area contributed by atoms with Crippen molar-refractivity contribution in [1.82, 2.24) is 10.2 Å². The van der Waals surface area contributed by atoms with Crippen molar-refractivity contribution in [2.24, 2.45) is 0 Å². The summed E-state index contributed by atoms with van der Waals surface area (Å²) < 4.78 is 26.2. The molecule has 0 radical (unpaired) electrons. The molecule has 0 bridgehead atoms. The Balaban J connectivity index is 1.54. The van der Waals surface area contributed by atoms with Crippen LogP contribution in [0.15, 0.2) is 76.6 Å². The maximum absolute atomic E-state index is 13.7. The van der Waals surface area contributed by atoms with Gasteiger partial charge in [0.2, 0.25) is 5.13 Å². The van der Waals surface area contributed by atoms with Crippen LogP contribution in [0.2, 0.25) is 0 Å². The van der Waals surface area contributed by atoms with Crippen molar-refractivity contribution in [2.75, 3.05) is 18.1 Å². The van der Waals surface area contributed by atoms with Gasteiger partial charge in [-0.25, -0.2) is 4.39 Å². The number of aromatic nitrogens is 2. The van der Waals surface area contributed by atoms with E-state index >= 15 is 0 Å². The molecule has 4 aromatic rings.